The van der Waals surface area contributed by atoms with Gasteiger partial charge in [0.05, 0.1) is 30.6 Å². The molecule has 0 fully saturated rings. The summed E-state index contributed by atoms with van der Waals surface area (Å²) in [6.45, 7) is 14.0. The van der Waals surface area contributed by atoms with Crippen LogP contribution in [0.3, 0.4) is 0 Å². The van der Waals surface area contributed by atoms with Crippen LogP contribution in [0.1, 0.15) is 52.2 Å². The van der Waals surface area contributed by atoms with Gasteiger partial charge in [0.1, 0.15) is 5.60 Å². The van der Waals surface area contributed by atoms with Gasteiger partial charge >= 0.3 is 12.2 Å². The number of hydrogen-bond donors (Lipinski definition) is 0. The first-order valence-electron chi connectivity index (χ1n) is 9.16. The molecule has 1 aromatic carbocycles. The van der Waals surface area contributed by atoms with Gasteiger partial charge in [0.2, 0.25) is 0 Å². The Kier molecular flexibility index (Phi) is 5.84. The summed E-state index contributed by atoms with van der Waals surface area (Å²) in [5.41, 5.74) is 2.89. The molecule has 1 atom stereocenters. The minimum atomic E-state index is -0.586. The van der Waals surface area contributed by atoms with Crippen molar-refractivity contribution < 1.29 is 19.1 Å². The Labute approximate surface area is 156 Å². The van der Waals surface area contributed by atoms with Crippen LogP contribution >= 0.6 is 0 Å². The molecule has 0 saturated heterocycles. The zero-order chi connectivity index (χ0) is 19.6. The number of carbonyl (C=O) groups excluding carboxylic acids is 2. The zero-order valence-electron chi connectivity index (χ0n) is 16.9. The number of ether oxygens (including phenoxy) is 2. The highest BCUT2D eigenvalue weighted by Gasteiger charge is 2.38. The molecule has 2 amide bonds. The van der Waals surface area contributed by atoms with Gasteiger partial charge in [-0.3, -0.25) is 9.80 Å². The van der Waals surface area contributed by atoms with E-state index >= 15 is 0 Å². The lowest BCUT2D eigenvalue weighted by molar-refractivity contribution is 0.0574. The van der Waals surface area contributed by atoms with Gasteiger partial charge in [-0.15, -0.1) is 0 Å². The van der Waals surface area contributed by atoms with Gasteiger partial charge in [0.25, 0.3) is 0 Å². The first kappa shape index (κ1) is 20.1. The van der Waals surface area contributed by atoms with Crippen LogP contribution in [0.2, 0.25) is 0 Å². The Morgan fingerprint density at radius 1 is 1.08 bits per heavy atom. The molecule has 0 radical (unpaired) electrons. The van der Waals surface area contributed by atoms with Crippen molar-refractivity contribution in [3.05, 3.63) is 23.3 Å². The molecule has 0 N–H and O–H groups in total. The highest BCUT2D eigenvalue weighted by Crippen LogP contribution is 2.39. The Morgan fingerprint density at radius 2 is 1.65 bits per heavy atom. The van der Waals surface area contributed by atoms with E-state index in [4.69, 9.17) is 9.47 Å². The Bertz CT molecular complexity index is 694. The number of hydrogen-bond acceptors (Lipinski definition) is 4. The molecule has 26 heavy (non-hydrogen) atoms. The number of carbonyl (C=O) groups is 2. The van der Waals surface area contributed by atoms with Crippen molar-refractivity contribution in [2.75, 3.05) is 23.0 Å². The monoisotopic (exact) mass is 362 g/mol. The van der Waals surface area contributed by atoms with Gasteiger partial charge in [0, 0.05) is 0 Å². The minimum absolute atomic E-state index is 0.170. The van der Waals surface area contributed by atoms with Crippen LogP contribution in [0.5, 0.6) is 0 Å². The van der Waals surface area contributed by atoms with Crippen molar-refractivity contribution in [2.45, 2.75) is 66.5 Å². The second-order valence-electron chi connectivity index (χ2n) is 7.65. The molecule has 6 nitrogen and oxygen atoms in total. The summed E-state index contributed by atoms with van der Waals surface area (Å²) in [5, 5.41) is 0. The van der Waals surface area contributed by atoms with E-state index < -0.39 is 11.7 Å². The van der Waals surface area contributed by atoms with E-state index in [-0.39, 0.29) is 12.1 Å². The maximum atomic E-state index is 12.8. The van der Waals surface area contributed by atoms with E-state index in [1.165, 1.54) is 0 Å². The molecule has 1 unspecified atom stereocenters. The van der Waals surface area contributed by atoms with E-state index in [1.807, 2.05) is 53.7 Å². The van der Waals surface area contributed by atoms with Crippen molar-refractivity contribution >= 4 is 23.6 Å². The van der Waals surface area contributed by atoms with E-state index in [0.29, 0.717) is 30.9 Å². The predicted molar refractivity (Wildman–Crippen MR) is 103 cm³/mol. The third-order valence-corrected chi connectivity index (χ3v) is 4.45. The highest BCUT2D eigenvalue weighted by atomic mass is 16.6. The summed E-state index contributed by atoms with van der Waals surface area (Å²) in [6.07, 6.45) is -0.0820. The van der Waals surface area contributed by atoms with Crippen molar-refractivity contribution in [3.8, 4) is 0 Å². The summed E-state index contributed by atoms with van der Waals surface area (Å²) in [6, 6.07) is 3.71. The summed E-state index contributed by atoms with van der Waals surface area (Å²) in [5.74, 6) is 0. The van der Waals surface area contributed by atoms with Crippen molar-refractivity contribution in [1.82, 2.24) is 0 Å². The normalized spacial score (nSPS) is 17.0. The van der Waals surface area contributed by atoms with E-state index in [1.54, 1.807) is 16.7 Å². The molecule has 0 saturated carbocycles. The Hall–Kier alpha value is -2.24. The van der Waals surface area contributed by atoms with Crippen LogP contribution in [-0.4, -0.2) is 37.0 Å². The summed E-state index contributed by atoms with van der Waals surface area (Å²) >= 11 is 0. The fraction of sp³-hybridized carbons (Fsp3) is 0.600. The number of rotatable bonds is 2. The number of benzene rings is 1. The second-order valence-corrected chi connectivity index (χ2v) is 7.65. The van der Waals surface area contributed by atoms with E-state index in [2.05, 4.69) is 0 Å². The molecule has 0 spiro atoms. The van der Waals surface area contributed by atoms with Crippen LogP contribution in [0.4, 0.5) is 21.0 Å². The Morgan fingerprint density at radius 3 is 2.15 bits per heavy atom. The maximum Gasteiger partial charge on any atom is 0.414 e. The number of nitrogens with zero attached hydrogens (tertiary/aromatic N) is 2. The van der Waals surface area contributed by atoms with Crippen LogP contribution in [0.15, 0.2) is 12.1 Å². The van der Waals surface area contributed by atoms with Gasteiger partial charge in [-0.25, -0.2) is 9.59 Å². The third kappa shape index (κ3) is 4.11. The molecule has 1 aliphatic rings. The second kappa shape index (κ2) is 7.56. The fourth-order valence-corrected chi connectivity index (χ4v) is 3.02. The quantitative estimate of drug-likeness (QED) is 0.758. The smallest absolute Gasteiger partial charge is 0.414 e. The van der Waals surface area contributed by atoms with Crippen LogP contribution in [0, 0.1) is 13.8 Å². The van der Waals surface area contributed by atoms with Crippen molar-refractivity contribution in [1.29, 1.82) is 0 Å². The molecule has 1 aliphatic heterocycles. The highest BCUT2D eigenvalue weighted by molar-refractivity contribution is 6.01. The van der Waals surface area contributed by atoms with Crippen molar-refractivity contribution in [2.24, 2.45) is 0 Å². The lowest BCUT2D eigenvalue weighted by atomic mass is 10.0. The van der Waals surface area contributed by atoms with E-state index in [0.717, 1.165) is 11.1 Å². The first-order chi connectivity index (χ1) is 12.1. The van der Waals surface area contributed by atoms with Crippen molar-refractivity contribution in [3.63, 3.8) is 0 Å². The Balaban J connectivity index is 2.55. The molecule has 2 rings (SSSR count). The molecular weight excluding hydrogens is 332 g/mol. The molecule has 144 valence electrons. The topological polar surface area (TPSA) is 59.1 Å². The number of aryl methyl sites for hydroxylation is 2. The van der Waals surface area contributed by atoms with Gasteiger partial charge < -0.3 is 9.47 Å². The molecule has 1 aromatic rings. The lowest BCUT2D eigenvalue weighted by Gasteiger charge is -2.42. The number of amides is 2. The average Bonchev–Trinajstić information content (AvgIpc) is 2.53. The maximum absolute atomic E-state index is 12.8. The van der Waals surface area contributed by atoms with Crippen LogP contribution in [0.25, 0.3) is 0 Å². The largest absolute Gasteiger partial charge is 0.449 e. The molecular formula is C20H30N2O4. The minimum Gasteiger partial charge on any atom is -0.449 e. The molecule has 1 heterocycles. The molecule has 0 bridgehead atoms. The lowest BCUT2D eigenvalue weighted by Crippen LogP contribution is -2.54. The van der Waals surface area contributed by atoms with Gasteiger partial charge in [0.15, 0.2) is 0 Å². The fourth-order valence-electron chi connectivity index (χ4n) is 3.02. The standard InChI is InChI=1S/C20H30N2O4/c1-8-15-12-21(18(23)26-20(5,6)7)16-10-13(3)14(4)11-17(16)22(15)19(24)25-9-2/h10-11,15H,8-9,12H2,1-7H3. The number of anilines is 2. The molecule has 0 aromatic heterocycles. The summed E-state index contributed by atoms with van der Waals surface area (Å²) < 4.78 is 10.9. The third-order valence-electron chi connectivity index (χ3n) is 4.45. The van der Waals surface area contributed by atoms with Gasteiger partial charge in [-0.2, -0.15) is 0 Å². The molecule has 0 aliphatic carbocycles. The van der Waals surface area contributed by atoms with Gasteiger partial charge in [-0.1, -0.05) is 6.92 Å². The number of fused-ring (bicyclic) bond motifs is 1. The zero-order valence-corrected chi connectivity index (χ0v) is 16.9. The van der Waals surface area contributed by atoms with Crippen LogP contribution < -0.4 is 9.80 Å². The van der Waals surface area contributed by atoms with Gasteiger partial charge in [-0.05, 0) is 71.2 Å². The summed E-state index contributed by atoms with van der Waals surface area (Å²) in [4.78, 5) is 28.7. The summed E-state index contributed by atoms with van der Waals surface area (Å²) in [7, 11) is 0. The van der Waals surface area contributed by atoms with E-state index in [9.17, 15) is 9.59 Å². The SMILES string of the molecule is CCOC(=O)N1c2cc(C)c(C)cc2N(C(=O)OC(C)(C)C)CC1CC. The van der Waals surface area contributed by atoms with Crippen LogP contribution in [-0.2, 0) is 9.47 Å². The molecule has 6 heteroatoms. The average molecular weight is 362 g/mol. The first-order valence-corrected chi connectivity index (χ1v) is 9.16. The predicted octanol–water partition coefficient (Wildman–Crippen LogP) is 4.80.